The molecular weight excluding hydrogens is 704 g/mol. The minimum atomic E-state index is -2.70. The summed E-state index contributed by atoms with van der Waals surface area (Å²) in [5.41, 5.74) is -7.44. The second-order valence-electron chi connectivity index (χ2n) is 17.1. The molecule has 290 valence electrons. The number of hydrogen-bond acceptors (Lipinski definition) is 14. The molecule has 0 unspecified atom stereocenters. The lowest BCUT2D eigenvalue weighted by Crippen LogP contribution is -2.78. The van der Waals surface area contributed by atoms with Gasteiger partial charge >= 0.3 is 17.9 Å². The number of ether oxygens (including phenoxy) is 8. The highest BCUT2D eigenvalue weighted by Gasteiger charge is 2.96. The fraction of sp³-hybridized carbons (Fsp3) is 0.625. The van der Waals surface area contributed by atoms with Crippen LogP contribution in [0.15, 0.2) is 60.9 Å². The van der Waals surface area contributed by atoms with Crippen molar-refractivity contribution in [3.63, 3.8) is 0 Å². The van der Waals surface area contributed by atoms with Crippen molar-refractivity contribution in [3.8, 4) is 0 Å². The summed E-state index contributed by atoms with van der Waals surface area (Å²) < 4.78 is 49.5. The zero-order chi connectivity index (χ0) is 38.4. The molecule has 5 heterocycles. The van der Waals surface area contributed by atoms with E-state index in [-0.39, 0.29) is 25.2 Å². The van der Waals surface area contributed by atoms with Crippen LogP contribution in [0, 0.1) is 34.0 Å². The Labute approximate surface area is 311 Å². The van der Waals surface area contributed by atoms with Crippen LogP contribution in [0.4, 0.5) is 0 Å². The van der Waals surface area contributed by atoms with Gasteiger partial charge in [-0.3, -0.25) is 0 Å². The van der Waals surface area contributed by atoms with Gasteiger partial charge in [0.1, 0.15) is 23.4 Å². The summed E-state index contributed by atoms with van der Waals surface area (Å²) in [4.78, 5) is 41.0. The molecule has 16 atom stereocenters. The Morgan fingerprint density at radius 3 is 2.46 bits per heavy atom. The van der Waals surface area contributed by atoms with Gasteiger partial charge in [-0.1, -0.05) is 50.8 Å². The summed E-state index contributed by atoms with van der Waals surface area (Å²) in [6.45, 7) is 10.4. The van der Waals surface area contributed by atoms with Crippen molar-refractivity contribution >= 4 is 24.0 Å². The van der Waals surface area contributed by atoms with Crippen LogP contribution < -0.4 is 0 Å². The lowest BCUT2D eigenvalue weighted by atomic mass is 9.37. The largest absolute Gasteiger partial charge is 0.469 e. The summed E-state index contributed by atoms with van der Waals surface area (Å²) in [6, 6.07) is 9.16. The van der Waals surface area contributed by atoms with E-state index in [0.717, 1.165) is 12.7 Å². The van der Waals surface area contributed by atoms with Crippen molar-refractivity contribution in [2.75, 3.05) is 20.3 Å². The molecule has 0 radical (unpaired) electrons. The van der Waals surface area contributed by atoms with Gasteiger partial charge in [0, 0.05) is 52.1 Å². The average molecular weight is 751 g/mol. The molecule has 3 saturated carbocycles. The summed E-state index contributed by atoms with van der Waals surface area (Å²) >= 11 is 0. The molecule has 5 aliphatic heterocycles. The van der Waals surface area contributed by atoms with Crippen LogP contribution in [0.1, 0.15) is 46.1 Å². The van der Waals surface area contributed by atoms with Crippen molar-refractivity contribution in [2.45, 2.75) is 99.9 Å². The van der Waals surface area contributed by atoms with Gasteiger partial charge in [0.2, 0.25) is 6.29 Å². The molecule has 9 rings (SSSR count). The molecule has 14 nitrogen and oxygen atoms in total. The van der Waals surface area contributed by atoms with E-state index in [9.17, 15) is 29.7 Å². The van der Waals surface area contributed by atoms with E-state index in [4.69, 9.17) is 37.9 Å². The standard InChI is InChI=1S/C40H46O14/c1-20(2)30(43)52-23-17-24(51-26(41)13-12-21-10-8-7-9-11-21)37-19-50-39(46,32(44)47-6)31(37)35(4,29(42)27-28(37)34(23,3)18-49-27)40-25-16-22(36(40,5)54-40)38(45)14-15-48-33(38)53-25/h7-15,22-25,27-29,31,33,42,45-46H,1,16-19H2,2-6H3/b13-12+/t22-,23-,24+,25-,27-,28+,29-,31+,33+,34-,35-,36+,37+,38-,39+,40+/m1/s1. The van der Waals surface area contributed by atoms with Crippen molar-refractivity contribution in [1.82, 2.24) is 0 Å². The summed E-state index contributed by atoms with van der Waals surface area (Å²) in [7, 11) is 1.12. The fourth-order valence-corrected chi connectivity index (χ4v) is 12.6. The SMILES string of the molecule is C=C(C)C(=O)O[C@@H]1C[C@H](OC(=O)/C=C/c2ccccc2)[C@]23CO[C@](O)(C(=O)OC)[C@H]2[C@](C)([C@]24O[C@@]2(C)[C@H]2C[C@H]4O[C@@H]4OC=C[C@]42O)[C@H](O)[C@@H]2OC[C@@]1(C)[C@H]23. The van der Waals surface area contributed by atoms with Gasteiger partial charge in [-0.25, -0.2) is 14.4 Å². The van der Waals surface area contributed by atoms with E-state index >= 15 is 0 Å². The molecule has 54 heavy (non-hydrogen) atoms. The number of fused-ring (bicyclic) bond motifs is 7. The third-order valence-corrected chi connectivity index (χ3v) is 14.7. The molecule has 3 aliphatic carbocycles. The Balaban J connectivity index is 1.23. The minimum absolute atomic E-state index is 0.0114. The number of benzene rings is 1. The zero-order valence-corrected chi connectivity index (χ0v) is 30.8. The number of rotatable bonds is 7. The number of esters is 3. The molecule has 7 fully saturated rings. The number of methoxy groups -OCH3 is 1. The lowest BCUT2D eigenvalue weighted by molar-refractivity contribution is -0.314. The first-order valence-corrected chi connectivity index (χ1v) is 18.4. The number of aliphatic hydroxyl groups is 3. The number of epoxide rings is 1. The van der Waals surface area contributed by atoms with Gasteiger partial charge < -0.3 is 53.2 Å². The second-order valence-corrected chi connectivity index (χ2v) is 17.1. The van der Waals surface area contributed by atoms with Gasteiger partial charge in [0.05, 0.1) is 44.9 Å². The molecule has 0 amide bonds. The van der Waals surface area contributed by atoms with Crippen molar-refractivity contribution in [3.05, 3.63) is 66.5 Å². The third-order valence-electron chi connectivity index (χ3n) is 14.7. The topological polar surface area (TPSA) is 189 Å². The predicted molar refractivity (Wildman–Crippen MR) is 183 cm³/mol. The van der Waals surface area contributed by atoms with E-state index in [1.165, 1.54) is 19.3 Å². The molecule has 8 aliphatic rings. The predicted octanol–water partition coefficient (Wildman–Crippen LogP) is 1.95. The second kappa shape index (κ2) is 11.2. The quantitative estimate of drug-likeness (QED) is 0.159. The van der Waals surface area contributed by atoms with E-state index in [1.54, 1.807) is 19.1 Å². The summed E-state index contributed by atoms with van der Waals surface area (Å²) in [5, 5.41) is 37.6. The van der Waals surface area contributed by atoms with Gasteiger partial charge in [-0.2, -0.15) is 0 Å². The third kappa shape index (κ3) is 4.07. The van der Waals surface area contributed by atoms with Crippen LogP contribution in [0.3, 0.4) is 0 Å². The Morgan fingerprint density at radius 2 is 1.76 bits per heavy atom. The molecule has 3 N–H and O–H groups in total. The minimum Gasteiger partial charge on any atom is -0.469 e. The number of carbonyl (C=O) groups excluding carboxylic acids is 3. The maximum absolute atomic E-state index is 14.0. The maximum Gasteiger partial charge on any atom is 0.366 e. The fourth-order valence-electron chi connectivity index (χ4n) is 12.6. The maximum atomic E-state index is 14.0. The van der Waals surface area contributed by atoms with Crippen LogP contribution in [-0.4, -0.2) is 113 Å². The van der Waals surface area contributed by atoms with Crippen molar-refractivity contribution in [2.24, 2.45) is 34.0 Å². The highest BCUT2D eigenvalue weighted by Crippen LogP contribution is 2.83. The first-order valence-electron chi connectivity index (χ1n) is 18.4. The van der Waals surface area contributed by atoms with Gasteiger partial charge in [0.15, 0.2) is 5.60 Å². The molecule has 1 spiro atoms. The molecule has 0 aromatic heterocycles. The molecule has 1 aromatic carbocycles. The van der Waals surface area contributed by atoms with Crippen LogP contribution in [-0.2, 0) is 52.3 Å². The van der Waals surface area contributed by atoms with Crippen molar-refractivity contribution < 1.29 is 67.6 Å². The van der Waals surface area contributed by atoms with E-state index in [1.807, 2.05) is 44.2 Å². The summed E-state index contributed by atoms with van der Waals surface area (Å²) in [5.74, 6) is -7.98. The van der Waals surface area contributed by atoms with Gasteiger partial charge in [-0.15, -0.1) is 0 Å². The highest BCUT2D eigenvalue weighted by molar-refractivity contribution is 5.88. The van der Waals surface area contributed by atoms with Gasteiger partial charge in [-0.05, 0) is 38.0 Å². The van der Waals surface area contributed by atoms with Crippen LogP contribution in [0.2, 0.25) is 0 Å². The normalized spacial score (nSPS) is 51.4. The number of hydrogen-bond donors (Lipinski definition) is 3. The Morgan fingerprint density at radius 1 is 1.02 bits per heavy atom. The average Bonchev–Trinajstić information content (AvgIpc) is 3.47. The van der Waals surface area contributed by atoms with E-state index < -0.39 is 111 Å². The smallest absolute Gasteiger partial charge is 0.366 e. The number of carbonyl (C=O) groups is 3. The first-order chi connectivity index (χ1) is 25.5. The Bertz CT molecular complexity index is 1880. The molecule has 4 saturated heterocycles. The zero-order valence-electron chi connectivity index (χ0n) is 30.8. The van der Waals surface area contributed by atoms with Crippen LogP contribution in [0.5, 0.6) is 0 Å². The van der Waals surface area contributed by atoms with E-state index in [2.05, 4.69) is 6.58 Å². The molecule has 2 bridgehead atoms. The Kier molecular flexibility index (Phi) is 7.50. The van der Waals surface area contributed by atoms with Crippen LogP contribution >= 0.6 is 0 Å². The Hall–Kier alpha value is -3.63. The molecular formula is C40H46O14. The summed E-state index contributed by atoms with van der Waals surface area (Å²) in [6.07, 6.45) is -0.343. The monoisotopic (exact) mass is 750 g/mol. The van der Waals surface area contributed by atoms with Gasteiger partial charge in [0.25, 0.3) is 5.79 Å². The highest BCUT2D eigenvalue weighted by atomic mass is 16.7. The first kappa shape index (κ1) is 36.0. The molecule has 14 heteroatoms. The lowest BCUT2D eigenvalue weighted by Gasteiger charge is -2.66. The van der Waals surface area contributed by atoms with E-state index in [0.29, 0.717) is 6.42 Å². The van der Waals surface area contributed by atoms with Crippen LogP contribution in [0.25, 0.3) is 6.08 Å². The van der Waals surface area contributed by atoms with Crippen molar-refractivity contribution in [1.29, 1.82) is 0 Å². The number of aliphatic hydroxyl groups excluding tert-OH is 1. The molecule has 1 aromatic rings.